The lowest BCUT2D eigenvalue weighted by Crippen LogP contribution is -2.42. The Morgan fingerprint density at radius 3 is 2.07 bits per heavy atom. The van der Waals surface area contributed by atoms with Gasteiger partial charge >= 0.3 is 0 Å². The zero-order chi connectivity index (χ0) is 21.6. The van der Waals surface area contributed by atoms with E-state index in [1.54, 1.807) is 0 Å². The van der Waals surface area contributed by atoms with Crippen molar-refractivity contribution >= 4 is 17.8 Å². The topological polar surface area (TPSA) is 49.6 Å². The Bertz CT molecular complexity index is 724. The Kier molecular flexibility index (Phi) is 11.1. The summed E-state index contributed by atoms with van der Waals surface area (Å²) in [6.07, 6.45) is 9.37. The second-order valence-corrected chi connectivity index (χ2v) is 7.19. The zero-order valence-corrected chi connectivity index (χ0v) is 18.8. The van der Waals surface area contributed by atoms with E-state index in [0.29, 0.717) is 19.8 Å². The number of hydrazine groups is 1. The predicted molar refractivity (Wildman–Crippen MR) is 124 cm³/mol. The summed E-state index contributed by atoms with van der Waals surface area (Å²) in [6, 6.07) is 12.8. The first-order valence-corrected chi connectivity index (χ1v) is 10.8. The second kappa shape index (κ2) is 13.9. The van der Waals surface area contributed by atoms with Crippen molar-refractivity contribution in [1.82, 2.24) is 10.9 Å². The molecule has 0 aliphatic heterocycles. The summed E-state index contributed by atoms with van der Waals surface area (Å²) < 4.78 is 13.2. The van der Waals surface area contributed by atoms with Crippen molar-refractivity contribution in [3.63, 3.8) is 0 Å². The second-order valence-electron chi connectivity index (χ2n) is 7.19. The maximum Gasteiger partial charge on any atom is 0.171 e. The average molecular weight is 414 g/mol. The molecular formula is C24H37N4O2+. The highest BCUT2D eigenvalue weighted by molar-refractivity contribution is 5.70. The molecule has 0 aliphatic carbocycles. The van der Waals surface area contributed by atoms with Crippen molar-refractivity contribution in [3.8, 4) is 0 Å². The summed E-state index contributed by atoms with van der Waals surface area (Å²) in [5, 5.41) is 0. The molecule has 6 heteroatoms. The molecule has 0 atom stereocenters. The van der Waals surface area contributed by atoms with Gasteiger partial charge in [-0.1, -0.05) is 24.3 Å². The molecule has 1 heterocycles. The van der Waals surface area contributed by atoms with E-state index in [0.717, 1.165) is 19.5 Å². The van der Waals surface area contributed by atoms with Gasteiger partial charge in [0.2, 0.25) is 0 Å². The predicted octanol–water partition coefficient (Wildman–Crippen LogP) is 3.09. The molecule has 2 N–H and O–H groups in total. The van der Waals surface area contributed by atoms with E-state index in [9.17, 15) is 0 Å². The minimum Gasteiger partial charge on any atom is -0.378 e. The molecule has 6 nitrogen and oxygen atoms in total. The highest BCUT2D eigenvalue weighted by Crippen LogP contribution is 2.14. The summed E-state index contributed by atoms with van der Waals surface area (Å²) in [5.41, 5.74) is 10.0. The van der Waals surface area contributed by atoms with E-state index in [4.69, 9.17) is 9.47 Å². The highest BCUT2D eigenvalue weighted by atomic mass is 16.7. The van der Waals surface area contributed by atoms with E-state index in [2.05, 4.69) is 95.4 Å². The SMILES string of the molecule is CCOC(CNNCCC[n+]1ccc(/C=C/c2ccc(N(C)C)cc2)cc1)OCC. The van der Waals surface area contributed by atoms with E-state index in [1.165, 1.54) is 16.8 Å². The molecule has 0 radical (unpaired) electrons. The number of rotatable bonds is 14. The summed E-state index contributed by atoms with van der Waals surface area (Å²) >= 11 is 0. The van der Waals surface area contributed by atoms with Crippen LogP contribution >= 0.6 is 0 Å². The fourth-order valence-corrected chi connectivity index (χ4v) is 2.94. The van der Waals surface area contributed by atoms with Crippen LogP contribution < -0.4 is 20.3 Å². The molecule has 1 aromatic carbocycles. The van der Waals surface area contributed by atoms with E-state index < -0.39 is 0 Å². The molecule has 30 heavy (non-hydrogen) atoms. The van der Waals surface area contributed by atoms with E-state index in [-0.39, 0.29) is 6.29 Å². The molecule has 0 amide bonds. The summed E-state index contributed by atoms with van der Waals surface area (Å²) in [5.74, 6) is 0. The fourth-order valence-electron chi connectivity index (χ4n) is 2.94. The third-order valence-corrected chi connectivity index (χ3v) is 4.61. The molecule has 1 aromatic heterocycles. The number of benzene rings is 1. The number of ether oxygens (including phenoxy) is 2. The van der Waals surface area contributed by atoms with Crippen LogP contribution in [0.1, 0.15) is 31.4 Å². The summed E-state index contributed by atoms with van der Waals surface area (Å²) in [6.45, 7) is 7.72. The van der Waals surface area contributed by atoms with Crippen molar-refractivity contribution < 1.29 is 14.0 Å². The Labute approximate surface area is 181 Å². The van der Waals surface area contributed by atoms with Crippen molar-refractivity contribution in [2.24, 2.45) is 0 Å². The number of aryl methyl sites for hydroxylation is 1. The lowest BCUT2D eigenvalue weighted by atomic mass is 10.1. The van der Waals surface area contributed by atoms with Gasteiger partial charge in [0, 0.05) is 58.1 Å². The van der Waals surface area contributed by atoms with Crippen LogP contribution in [0.2, 0.25) is 0 Å². The summed E-state index contributed by atoms with van der Waals surface area (Å²) in [4.78, 5) is 2.10. The molecule has 0 unspecified atom stereocenters. The normalized spacial score (nSPS) is 11.5. The third kappa shape index (κ3) is 9.05. The number of pyridine rings is 1. The maximum absolute atomic E-state index is 5.50. The molecular weight excluding hydrogens is 376 g/mol. The van der Waals surface area contributed by atoms with Gasteiger partial charge in [0.05, 0.1) is 6.54 Å². The van der Waals surface area contributed by atoms with Crippen molar-refractivity contribution in [1.29, 1.82) is 0 Å². The first-order chi connectivity index (χ1) is 14.6. The van der Waals surface area contributed by atoms with Gasteiger partial charge < -0.3 is 14.4 Å². The fraction of sp³-hybridized carbons (Fsp3) is 0.458. The van der Waals surface area contributed by atoms with Crippen LogP contribution in [0.25, 0.3) is 12.2 Å². The van der Waals surface area contributed by atoms with Gasteiger partial charge in [-0.2, -0.15) is 0 Å². The van der Waals surface area contributed by atoms with Gasteiger partial charge in [-0.05, 0) is 37.1 Å². The largest absolute Gasteiger partial charge is 0.378 e. The van der Waals surface area contributed by atoms with Gasteiger partial charge in [0.15, 0.2) is 18.7 Å². The lowest BCUT2D eigenvalue weighted by Gasteiger charge is -2.17. The molecule has 164 valence electrons. The van der Waals surface area contributed by atoms with Gasteiger partial charge in [-0.25, -0.2) is 4.57 Å². The van der Waals surface area contributed by atoms with Crippen LogP contribution in [0, 0.1) is 0 Å². The number of aromatic nitrogens is 1. The Morgan fingerprint density at radius 2 is 1.50 bits per heavy atom. The molecule has 0 saturated carbocycles. The maximum atomic E-state index is 5.50. The van der Waals surface area contributed by atoms with Gasteiger partial charge in [-0.15, -0.1) is 0 Å². The molecule has 0 bridgehead atoms. The number of anilines is 1. The number of nitrogens with one attached hydrogen (secondary N) is 2. The molecule has 0 aliphatic rings. The molecule has 0 saturated heterocycles. The van der Waals surface area contributed by atoms with E-state index in [1.807, 2.05) is 13.8 Å². The molecule has 2 rings (SSSR count). The lowest BCUT2D eigenvalue weighted by molar-refractivity contribution is -0.697. The first kappa shape index (κ1) is 24.0. The number of nitrogens with zero attached hydrogens (tertiary/aromatic N) is 2. The zero-order valence-electron chi connectivity index (χ0n) is 18.8. The van der Waals surface area contributed by atoms with Crippen molar-refractivity contribution in [2.75, 3.05) is 45.3 Å². The van der Waals surface area contributed by atoms with Crippen LogP contribution in [-0.2, 0) is 16.0 Å². The smallest absolute Gasteiger partial charge is 0.171 e. The monoisotopic (exact) mass is 413 g/mol. The van der Waals surface area contributed by atoms with Crippen LogP contribution in [-0.4, -0.2) is 46.7 Å². The first-order valence-electron chi connectivity index (χ1n) is 10.8. The van der Waals surface area contributed by atoms with Crippen LogP contribution in [0.3, 0.4) is 0 Å². The average Bonchev–Trinajstić information content (AvgIpc) is 2.76. The Morgan fingerprint density at radius 1 is 0.900 bits per heavy atom. The van der Waals surface area contributed by atoms with Crippen LogP contribution in [0.5, 0.6) is 0 Å². The molecule has 0 spiro atoms. The number of hydrogen-bond acceptors (Lipinski definition) is 5. The molecule has 2 aromatic rings. The van der Waals surface area contributed by atoms with E-state index >= 15 is 0 Å². The van der Waals surface area contributed by atoms with Gasteiger partial charge in [0.25, 0.3) is 0 Å². The quantitative estimate of drug-likeness (QED) is 0.216. The Balaban J connectivity index is 1.68. The van der Waals surface area contributed by atoms with Crippen molar-refractivity contribution in [2.45, 2.75) is 33.1 Å². The van der Waals surface area contributed by atoms with Crippen LogP contribution in [0.4, 0.5) is 5.69 Å². The van der Waals surface area contributed by atoms with Gasteiger partial charge in [0.1, 0.15) is 6.54 Å². The minimum atomic E-state index is -0.201. The minimum absolute atomic E-state index is 0.201. The van der Waals surface area contributed by atoms with Crippen molar-refractivity contribution in [3.05, 3.63) is 59.9 Å². The molecule has 0 fully saturated rings. The number of hydrogen-bond donors (Lipinski definition) is 2. The standard InChI is InChI=1S/C24H37N4O2/c1-5-29-24(30-6-2)20-26-25-16-7-17-28-18-14-22(15-19-28)9-8-21-10-12-23(13-11-21)27(3)4/h8-15,18-19,24-26H,5-7,16-17,20H2,1-4H3/q+1. The Hall–Kier alpha value is -2.25. The van der Waals surface area contributed by atoms with Gasteiger partial charge in [-0.3, -0.25) is 10.9 Å². The summed E-state index contributed by atoms with van der Waals surface area (Å²) in [7, 11) is 4.11. The highest BCUT2D eigenvalue weighted by Gasteiger charge is 2.06. The third-order valence-electron chi connectivity index (χ3n) is 4.61. The van der Waals surface area contributed by atoms with Crippen LogP contribution in [0.15, 0.2) is 48.8 Å².